The molecule has 0 radical (unpaired) electrons. The third-order valence-electron chi connectivity index (χ3n) is 6.95. The van der Waals surface area contributed by atoms with E-state index in [0.29, 0.717) is 25.6 Å². The summed E-state index contributed by atoms with van der Waals surface area (Å²) in [5.41, 5.74) is 6.44. The molecule has 2 fully saturated rings. The molecule has 1 aliphatic heterocycles. The fraction of sp³-hybridized carbons (Fsp3) is 0.440. The first-order chi connectivity index (χ1) is 14.2. The predicted octanol–water partition coefficient (Wildman–Crippen LogP) is 4.06. The van der Waals surface area contributed by atoms with Crippen LogP contribution in [0.1, 0.15) is 55.2 Å². The van der Waals surface area contributed by atoms with Gasteiger partial charge in [-0.2, -0.15) is 0 Å². The van der Waals surface area contributed by atoms with Crippen LogP contribution in [0.25, 0.3) is 11.1 Å². The number of fused-ring (bicyclic) bond motifs is 3. The van der Waals surface area contributed by atoms with Crippen LogP contribution in [0.4, 0.5) is 0 Å². The second-order valence-electron chi connectivity index (χ2n) is 8.73. The molecule has 1 heterocycles. The van der Waals surface area contributed by atoms with E-state index >= 15 is 0 Å². The second-order valence-corrected chi connectivity index (χ2v) is 8.73. The number of carbonyl (C=O) groups is 2. The topological polar surface area (TPSA) is 49.4 Å². The molecule has 0 bridgehead atoms. The second kappa shape index (κ2) is 7.66. The molecule has 4 nitrogen and oxygen atoms in total. The zero-order chi connectivity index (χ0) is 19.8. The summed E-state index contributed by atoms with van der Waals surface area (Å²) in [5, 5.41) is 3.12. The Morgan fingerprint density at radius 1 is 1.00 bits per heavy atom. The molecule has 0 aromatic heterocycles. The monoisotopic (exact) mass is 388 g/mol. The van der Waals surface area contributed by atoms with Crippen LogP contribution >= 0.6 is 0 Å². The zero-order valence-electron chi connectivity index (χ0n) is 16.8. The molecular weight excluding hydrogens is 360 g/mol. The molecule has 2 aliphatic carbocycles. The van der Waals surface area contributed by atoms with E-state index in [1.54, 1.807) is 0 Å². The molecule has 4 heteroatoms. The van der Waals surface area contributed by atoms with Gasteiger partial charge in [-0.05, 0) is 47.1 Å². The van der Waals surface area contributed by atoms with Crippen molar-refractivity contribution in [1.82, 2.24) is 10.2 Å². The Labute approximate surface area is 172 Å². The molecule has 2 aromatic carbocycles. The number of likely N-dealkylation sites (tertiary alicyclic amines) is 1. The van der Waals surface area contributed by atoms with Gasteiger partial charge in [0, 0.05) is 25.6 Å². The highest BCUT2D eigenvalue weighted by atomic mass is 16.2. The third-order valence-corrected chi connectivity index (χ3v) is 6.95. The van der Waals surface area contributed by atoms with Crippen LogP contribution in [0.15, 0.2) is 42.5 Å². The highest BCUT2D eigenvalue weighted by Crippen LogP contribution is 2.38. The number of rotatable bonds is 4. The van der Waals surface area contributed by atoms with Gasteiger partial charge in [0.25, 0.3) is 0 Å². The van der Waals surface area contributed by atoms with Crippen molar-refractivity contribution in [3.05, 3.63) is 59.2 Å². The molecule has 1 unspecified atom stereocenters. The van der Waals surface area contributed by atoms with E-state index in [1.165, 1.54) is 47.1 Å². The van der Waals surface area contributed by atoms with E-state index in [9.17, 15) is 9.59 Å². The van der Waals surface area contributed by atoms with Crippen molar-refractivity contribution < 1.29 is 9.59 Å². The van der Waals surface area contributed by atoms with Gasteiger partial charge in [0.2, 0.25) is 11.8 Å². The summed E-state index contributed by atoms with van der Waals surface area (Å²) in [6.45, 7) is 1.12. The van der Waals surface area contributed by atoms with Gasteiger partial charge < -0.3 is 10.2 Å². The van der Waals surface area contributed by atoms with Gasteiger partial charge in [0.05, 0.1) is 5.92 Å². The van der Waals surface area contributed by atoms with Crippen molar-refractivity contribution in [2.24, 2.45) is 5.92 Å². The van der Waals surface area contributed by atoms with Crippen molar-refractivity contribution in [3.8, 4) is 11.1 Å². The van der Waals surface area contributed by atoms with E-state index in [4.69, 9.17) is 0 Å². The minimum atomic E-state index is -0.210. The van der Waals surface area contributed by atoms with Crippen molar-refractivity contribution in [1.29, 1.82) is 0 Å². The molecule has 29 heavy (non-hydrogen) atoms. The molecule has 1 saturated carbocycles. The molecule has 150 valence electrons. The number of amides is 2. The van der Waals surface area contributed by atoms with Crippen molar-refractivity contribution in [2.75, 3.05) is 6.54 Å². The Bertz CT molecular complexity index is 946. The quantitative estimate of drug-likeness (QED) is 0.733. The van der Waals surface area contributed by atoms with Crippen LogP contribution in [0.3, 0.4) is 0 Å². The summed E-state index contributed by atoms with van der Waals surface area (Å²) in [4.78, 5) is 27.3. The van der Waals surface area contributed by atoms with E-state index in [0.717, 1.165) is 19.3 Å². The maximum absolute atomic E-state index is 12.8. The fourth-order valence-corrected chi connectivity index (χ4v) is 5.37. The normalized spacial score (nSPS) is 21.2. The summed E-state index contributed by atoms with van der Waals surface area (Å²) >= 11 is 0. The van der Waals surface area contributed by atoms with Crippen LogP contribution in [0.2, 0.25) is 0 Å². The van der Waals surface area contributed by atoms with Crippen LogP contribution in [-0.2, 0) is 22.6 Å². The Morgan fingerprint density at radius 3 is 2.66 bits per heavy atom. The van der Waals surface area contributed by atoms with Gasteiger partial charge in [-0.1, -0.05) is 61.7 Å². The minimum Gasteiger partial charge on any atom is -0.352 e. The van der Waals surface area contributed by atoms with E-state index in [-0.39, 0.29) is 17.7 Å². The van der Waals surface area contributed by atoms with E-state index in [2.05, 4.69) is 47.8 Å². The molecule has 1 atom stereocenters. The minimum absolute atomic E-state index is 0.0183. The first kappa shape index (κ1) is 18.4. The van der Waals surface area contributed by atoms with Gasteiger partial charge in [-0.3, -0.25) is 9.59 Å². The molecule has 1 N–H and O–H groups in total. The summed E-state index contributed by atoms with van der Waals surface area (Å²) in [6, 6.07) is 15.2. The first-order valence-corrected chi connectivity index (χ1v) is 11.0. The van der Waals surface area contributed by atoms with Gasteiger partial charge in [-0.15, -0.1) is 0 Å². The molecule has 2 aromatic rings. The summed E-state index contributed by atoms with van der Waals surface area (Å²) in [6.07, 6.45) is 7.15. The Kier molecular flexibility index (Phi) is 4.86. The lowest BCUT2D eigenvalue weighted by Gasteiger charge is -2.31. The highest BCUT2D eigenvalue weighted by molar-refractivity contribution is 5.89. The van der Waals surface area contributed by atoms with Crippen LogP contribution in [-0.4, -0.2) is 29.3 Å². The summed E-state index contributed by atoms with van der Waals surface area (Å²) in [7, 11) is 0. The van der Waals surface area contributed by atoms with Crippen LogP contribution in [0, 0.1) is 5.92 Å². The van der Waals surface area contributed by atoms with E-state index < -0.39 is 0 Å². The number of benzene rings is 2. The number of hydrogen-bond acceptors (Lipinski definition) is 2. The number of carbonyl (C=O) groups excluding carboxylic acids is 2. The standard InChI is InChI=1S/C25H28N2O2/c28-24-14-19(16-27(24)20-9-2-1-3-10-20)25(29)26-15-18-8-6-12-22-21-11-5-4-7-17(21)13-23(18)22/h4-8,11-12,19-20H,1-3,9-10,13-16H2,(H,26,29). The maximum Gasteiger partial charge on any atom is 0.225 e. The summed E-state index contributed by atoms with van der Waals surface area (Å²) in [5.74, 6) is -0.0312. The number of hydrogen-bond donors (Lipinski definition) is 1. The van der Waals surface area contributed by atoms with Crippen molar-refractivity contribution >= 4 is 11.8 Å². The van der Waals surface area contributed by atoms with Gasteiger partial charge in [0.15, 0.2) is 0 Å². The van der Waals surface area contributed by atoms with Gasteiger partial charge in [0.1, 0.15) is 0 Å². The molecule has 2 amide bonds. The molecule has 3 aliphatic rings. The zero-order valence-corrected chi connectivity index (χ0v) is 16.8. The lowest BCUT2D eigenvalue weighted by Crippen LogP contribution is -2.39. The molecule has 1 saturated heterocycles. The Balaban J connectivity index is 1.24. The predicted molar refractivity (Wildman–Crippen MR) is 113 cm³/mol. The Morgan fingerprint density at radius 2 is 1.79 bits per heavy atom. The largest absolute Gasteiger partial charge is 0.352 e. The first-order valence-electron chi connectivity index (χ1n) is 11.0. The van der Waals surface area contributed by atoms with Crippen molar-refractivity contribution in [2.45, 2.75) is 57.5 Å². The molecule has 0 spiro atoms. The smallest absolute Gasteiger partial charge is 0.225 e. The lowest BCUT2D eigenvalue weighted by atomic mass is 9.94. The Hall–Kier alpha value is -2.62. The lowest BCUT2D eigenvalue weighted by molar-refractivity contribution is -0.130. The maximum atomic E-state index is 12.8. The van der Waals surface area contributed by atoms with Crippen LogP contribution in [0.5, 0.6) is 0 Å². The molecule has 5 rings (SSSR count). The average Bonchev–Trinajstić information content (AvgIpc) is 3.33. The van der Waals surface area contributed by atoms with Gasteiger partial charge >= 0.3 is 0 Å². The van der Waals surface area contributed by atoms with Gasteiger partial charge in [-0.25, -0.2) is 0 Å². The fourth-order valence-electron chi connectivity index (χ4n) is 5.37. The van der Waals surface area contributed by atoms with Crippen LogP contribution < -0.4 is 5.32 Å². The average molecular weight is 389 g/mol. The van der Waals surface area contributed by atoms with E-state index in [1.807, 2.05) is 4.90 Å². The SMILES string of the molecule is O=C(NCc1cccc2c1Cc1ccccc1-2)C1CC(=O)N(C2CCCCC2)C1. The van der Waals surface area contributed by atoms with Crippen molar-refractivity contribution in [3.63, 3.8) is 0 Å². The third kappa shape index (κ3) is 3.45. The highest BCUT2D eigenvalue weighted by Gasteiger charge is 2.38. The number of nitrogens with zero attached hydrogens (tertiary/aromatic N) is 1. The summed E-state index contributed by atoms with van der Waals surface area (Å²) < 4.78 is 0. The number of nitrogens with one attached hydrogen (secondary N) is 1. The molecular formula is C25H28N2O2.